The molecule has 2 N–H and O–H groups in total. The number of carbonyl (C=O) groups is 1. The molecule has 0 saturated carbocycles. The summed E-state index contributed by atoms with van der Waals surface area (Å²) in [5.74, 6) is 0.455. The molecule has 1 saturated heterocycles. The van der Waals surface area contributed by atoms with Gasteiger partial charge in [-0.15, -0.1) is 0 Å². The van der Waals surface area contributed by atoms with Crippen molar-refractivity contribution in [3.63, 3.8) is 0 Å². The summed E-state index contributed by atoms with van der Waals surface area (Å²) in [6.07, 6.45) is 5.35. The van der Waals surface area contributed by atoms with Crippen molar-refractivity contribution in [2.24, 2.45) is 0 Å². The molecule has 0 spiro atoms. The lowest BCUT2D eigenvalue weighted by Crippen LogP contribution is -2.44. The van der Waals surface area contributed by atoms with Crippen molar-refractivity contribution in [2.75, 3.05) is 25.0 Å². The second kappa shape index (κ2) is 8.96. The number of hydrogen-bond acceptors (Lipinski definition) is 4. The van der Waals surface area contributed by atoms with Crippen LogP contribution in [0.15, 0.2) is 47.1 Å². The van der Waals surface area contributed by atoms with Crippen LogP contribution < -0.4 is 10.6 Å². The number of carbonyl (C=O) groups excluding carboxylic acids is 1. The number of amides is 1. The van der Waals surface area contributed by atoms with Gasteiger partial charge < -0.3 is 15.1 Å². The average Bonchev–Trinajstić information content (AvgIpc) is 3.19. The van der Waals surface area contributed by atoms with Crippen molar-refractivity contribution < 1.29 is 13.6 Å². The van der Waals surface area contributed by atoms with Gasteiger partial charge in [0.25, 0.3) is 0 Å². The maximum atomic E-state index is 13.0. The topological polar surface area (TPSA) is 57.5 Å². The molecule has 0 unspecified atom stereocenters. The molecule has 1 aromatic carbocycles. The van der Waals surface area contributed by atoms with Crippen molar-refractivity contribution in [1.82, 2.24) is 10.2 Å². The van der Waals surface area contributed by atoms with Gasteiger partial charge in [-0.1, -0.05) is 6.42 Å². The van der Waals surface area contributed by atoms with Crippen molar-refractivity contribution in [1.29, 1.82) is 0 Å². The SMILES string of the molecule is C[C@@H](NC[C@@H](c1ccco1)N1CCCCC1)C(=O)Nc1ccc(F)cc1. The molecular weight excluding hydrogens is 333 g/mol. The maximum Gasteiger partial charge on any atom is 0.241 e. The van der Waals surface area contributed by atoms with E-state index in [0.29, 0.717) is 12.2 Å². The highest BCUT2D eigenvalue weighted by Gasteiger charge is 2.25. The third kappa shape index (κ3) is 4.93. The monoisotopic (exact) mass is 359 g/mol. The summed E-state index contributed by atoms with van der Waals surface area (Å²) in [6.45, 7) is 4.55. The van der Waals surface area contributed by atoms with Crippen LogP contribution in [-0.2, 0) is 4.79 Å². The van der Waals surface area contributed by atoms with Gasteiger partial charge in [0.15, 0.2) is 0 Å². The Morgan fingerprint density at radius 2 is 1.92 bits per heavy atom. The lowest BCUT2D eigenvalue weighted by atomic mass is 10.1. The molecule has 0 radical (unpaired) electrons. The highest BCUT2D eigenvalue weighted by molar-refractivity contribution is 5.94. The van der Waals surface area contributed by atoms with E-state index in [0.717, 1.165) is 18.8 Å². The zero-order chi connectivity index (χ0) is 18.4. The minimum absolute atomic E-state index is 0.117. The molecule has 1 aliphatic heterocycles. The summed E-state index contributed by atoms with van der Waals surface area (Å²) >= 11 is 0. The number of piperidine rings is 1. The molecule has 2 heterocycles. The van der Waals surface area contributed by atoms with Crippen LogP contribution >= 0.6 is 0 Å². The van der Waals surface area contributed by atoms with Gasteiger partial charge in [0, 0.05) is 12.2 Å². The normalized spacial score (nSPS) is 17.6. The summed E-state index contributed by atoms with van der Waals surface area (Å²) < 4.78 is 18.6. The molecule has 2 atom stereocenters. The Morgan fingerprint density at radius 3 is 2.58 bits per heavy atom. The van der Waals surface area contributed by atoms with Gasteiger partial charge in [-0.3, -0.25) is 9.69 Å². The molecule has 1 fully saturated rings. The molecular formula is C20H26FN3O2. The Labute approximate surface area is 153 Å². The molecule has 0 aliphatic carbocycles. The van der Waals surface area contributed by atoms with Crippen LogP contribution in [0.1, 0.15) is 38.0 Å². The van der Waals surface area contributed by atoms with Crippen molar-refractivity contribution >= 4 is 11.6 Å². The Morgan fingerprint density at radius 1 is 1.19 bits per heavy atom. The second-order valence-corrected chi connectivity index (χ2v) is 6.75. The number of likely N-dealkylation sites (tertiary alicyclic amines) is 1. The van der Waals surface area contributed by atoms with E-state index in [9.17, 15) is 9.18 Å². The first-order valence-corrected chi connectivity index (χ1v) is 9.21. The van der Waals surface area contributed by atoms with E-state index in [1.165, 1.54) is 31.4 Å². The third-order valence-corrected chi connectivity index (χ3v) is 4.83. The van der Waals surface area contributed by atoms with Crippen LogP contribution in [0.25, 0.3) is 0 Å². The maximum absolute atomic E-state index is 13.0. The van der Waals surface area contributed by atoms with Crippen LogP contribution in [0.4, 0.5) is 10.1 Å². The van der Waals surface area contributed by atoms with Gasteiger partial charge in [-0.2, -0.15) is 0 Å². The first-order valence-electron chi connectivity index (χ1n) is 9.21. The smallest absolute Gasteiger partial charge is 0.241 e. The molecule has 2 aromatic rings. The number of benzene rings is 1. The van der Waals surface area contributed by atoms with E-state index in [-0.39, 0.29) is 23.8 Å². The molecule has 140 valence electrons. The summed E-state index contributed by atoms with van der Waals surface area (Å²) in [6, 6.07) is 9.40. The molecule has 6 heteroatoms. The number of nitrogens with zero attached hydrogens (tertiary/aromatic N) is 1. The quantitative estimate of drug-likeness (QED) is 0.794. The number of hydrogen-bond donors (Lipinski definition) is 2. The predicted octanol–water partition coefficient (Wildman–Crippen LogP) is 3.56. The molecule has 0 bridgehead atoms. The van der Waals surface area contributed by atoms with E-state index in [2.05, 4.69) is 15.5 Å². The van der Waals surface area contributed by atoms with Crippen LogP contribution in [0.2, 0.25) is 0 Å². The van der Waals surface area contributed by atoms with Gasteiger partial charge >= 0.3 is 0 Å². The Kier molecular flexibility index (Phi) is 6.41. The number of rotatable bonds is 7. The first-order chi connectivity index (χ1) is 12.6. The fourth-order valence-electron chi connectivity index (χ4n) is 3.29. The molecule has 1 aliphatic rings. The summed E-state index contributed by atoms with van der Waals surface area (Å²) in [5, 5.41) is 6.11. The fourth-order valence-corrected chi connectivity index (χ4v) is 3.29. The van der Waals surface area contributed by atoms with Gasteiger partial charge in [-0.25, -0.2) is 4.39 Å². The van der Waals surface area contributed by atoms with E-state index in [1.54, 1.807) is 18.4 Å². The van der Waals surface area contributed by atoms with Crippen LogP contribution in [0, 0.1) is 5.82 Å². The average molecular weight is 359 g/mol. The van der Waals surface area contributed by atoms with Gasteiger partial charge in [0.05, 0.1) is 18.3 Å². The first kappa shape index (κ1) is 18.6. The van der Waals surface area contributed by atoms with Gasteiger partial charge in [0.1, 0.15) is 11.6 Å². The van der Waals surface area contributed by atoms with Crippen LogP contribution in [0.5, 0.6) is 0 Å². The molecule has 26 heavy (non-hydrogen) atoms. The minimum Gasteiger partial charge on any atom is -0.468 e. The van der Waals surface area contributed by atoms with Crippen molar-refractivity contribution in [2.45, 2.75) is 38.3 Å². The summed E-state index contributed by atoms with van der Waals surface area (Å²) in [7, 11) is 0. The van der Waals surface area contributed by atoms with Crippen LogP contribution in [-0.4, -0.2) is 36.5 Å². The van der Waals surface area contributed by atoms with Gasteiger partial charge in [-0.05, 0) is 69.3 Å². The zero-order valence-electron chi connectivity index (χ0n) is 15.1. The highest BCUT2D eigenvalue weighted by Crippen LogP contribution is 2.24. The van der Waals surface area contributed by atoms with E-state index < -0.39 is 0 Å². The standard InChI is InChI=1S/C20H26FN3O2/c1-15(20(25)23-17-9-7-16(21)8-10-17)22-14-18(19-6-5-13-26-19)24-11-3-2-4-12-24/h5-10,13,15,18,22H,2-4,11-12,14H2,1H3,(H,23,25)/t15-,18+/m1/s1. The van der Waals surface area contributed by atoms with E-state index >= 15 is 0 Å². The highest BCUT2D eigenvalue weighted by atomic mass is 19.1. The largest absolute Gasteiger partial charge is 0.468 e. The van der Waals surface area contributed by atoms with Gasteiger partial charge in [0.2, 0.25) is 5.91 Å². The lowest BCUT2D eigenvalue weighted by Gasteiger charge is -2.34. The molecule has 3 rings (SSSR count). The number of furan rings is 1. The number of anilines is 1. The Balaban J connectivity index is 1.57. The number of halogens is 1. The molecule has 5 nitrogen and oxygen atoms in total. The second-order valence-electron chi connectivity index (χ2n) is 6.75. The third-order valence-electron chi connectivity index (χ3n) is 4.83. The Hall–Kier alpha value is -2.18. The van der Waals surface area contributed by atoms with Crippen LogP contribution in [0.3, 0.4) is 0 Å². The van der Waals surface area contributed by atoms with Crippen molar-refractivity contribution in [3.05, 3.63) is 54.2 Å². The predicted molar refractivity (Wildman–Crippen MR) is 99.4 cm³/mol. The van der Waals surface area contributed by atoms with Crippen molar-refractivity contribution in [3.8, 4) is 0 Å². The molecule has 1 aromatic heterocycles. The fraction of sp³-hybridized carbons (Fsp3) is 0.450. The molecule has 1 amide bonds. The number of nitrogens with one attached hydrogen (secondary N) is 2. The summed E-state index contributed by atoms with van der Waals surface area (Å²) in [5.41, 5.74) is 0.587. The van der Waals surface area contributed by atoms with E-state index in [4.69, 9.17) is 4.42 Å². The Bertz CT molecular complexity index is 682. The summed E-state index contributed by atoms with van der Waals surface area (Å²) in [4.78, 5) is 14.8. The lowest BCUT2D eigenvalue weighted by molar-refractivity contribution is -0.117. The zero-order valence-corrected chi connectivity index (χ0v) is 15.1. The van der Waals surface area contributed by atoms with E-state index in [1.807, 2.05) is 19.1 Å². The minimum atomic E-state index is -0.373.